The van der Waals surface area contributed by atoms with E-state index >= 15 is 0 Å². The molecule has 1 aromatic carbocycles. The van der Waals surface area contributed by atoms with Crippen molar-refractivity contribution in [2.75, 3.05) is 5.88 Å². The minimum atomic E-state index is -0.801. The van der Waals surface area contributed by atoms with Crippen molar-refractivity contribution in [1.82, 2.24) is 0 Å². The average molecular weight is 292 g/mol. The smallest absolute Gasteiger partial charge is 0.307 e. The fourth-order valence-corrected chi connectivity index (χ4v) is 1.96. The SMILES string of the molecule is O=C(O)Cc1ccc(Br)cc1CCCCl. The third kappa shape index (κ3) is 4.22. The molecule has 0 aromatic heterocycles. The lowest BCUT2D eigenvalue weighted by Crippen LogP contribution is -2.04. The van der Waals surface area contributed by atoms with Gasteiger partial charge in [-0.15, -0.1) is 11.6 Å². The van der Waals surface area contributed by atoms with E-state index in [0.717, 1.165) is 28.4 Å². The summed E-state index contributed by atoms with van der Waals surface area (Å²) >= 11 is 9.00. The van der Waals surface area contributed by atoms with Crippen molar-refractivity contribution < 1.29 is 9.90 Å². The maximum absolute atomic E-state index is 10.6. The highest BCUT2D eigenvalue weighted by Crippen LogP contribution is 2.19. The molecule has 1 N–H and O–H groups in total. The van der Waals surface area contributed by atoms with Crippen molar-refractivity contribution in [3.8, 4) is 0 Å². The number of benzene rings is 1. The number of aryl methyl sites for hydroxylation is 1. The minimum Gasteiger partial charge on any atom is -0.481 e. The Morgan fingerprint density at radius 1 is 1.40 bits per heavy atom. The monoisotopic (exact) mass is 290 g/mol. The van der Waals surface area contributed by atoms with Crippen LogP contribution in [0.3, 0.4) is 0 Å². The van der Waals surface area contributed by atoms with Gasteiger partial charge < -0.3 is 5.11 Å². The number of hydrogen-bond donors (Lipinski definition) is 1. The van der Waals surface area contributed by atoms with Gasteiger partial charge in [0.1, 0.15) is 0 Å². The van der Waals surface area contributed by atoms with Crippen LogP contribution in [-0.2, 0) is 17.6 Å². The molecule has 0 aliphatic rings. The zero-order valence-corrected chi connectivity index (χ0v) is 10.5. The van der Waals surface area contributed by atoms with Crippen LogP contribution in [0.2, 0.25) is 0 Å². The van der Waals surface area contributed by atoms with Crippen LogP contribution in [0.5, 0.6) is 0 Å². The van der Waals surface area contributed by atoms with Gasteiger partial charge >= 0.3 is 5.97 Å². The molecule has 1 rings (SSSR count). The van der Waals surface area contributed by atoms with Crippen LogP contribution in [-0.4, -0.2) is 17.0 Å². The molecule has 1 aromatic rings. The molecule has 15 heavy (non-hydrogen) atoms. The molecule has 0 spiro atoms. The molecule has 0 heterocycles. The first-order chi connectivity index (χ1) is 7.13. The minimum absolute atomic E-state index is 0.0743. The maximum atomic E-state index is 10.6. The van der Waals surface area contributed by atoms with Crippen molar-refractivity contribution in [1.29, 1.82) is 0 Å². The van der Waals surface area contributed by atoms with Gasteiger partial charge in [0, 0.05) is 10.4 Å². The molecule has 0 unspecified atom stereocenters. The van der Waals surface area contributed by atoms with E-state index in [1.165, 1.54) is 0 Å². The quantitative estimate of drug-likeness (QED) is 0.846. The van der Waals surface area contributed by atoms with E-state index in [1.54, 1.807) is 0 Å². The van der Waals surface area contributed by atoms with Gasteiger partial charge in [0.05, 0.1) is 6.42 Å². The zero-order chi connectivity index (χ0) is 11.3. The fourth-order valence-electron chi connectivity index (χ4n) is 1.42. The molecular weight excluding hydrogens is 279 g/mol. The Bertz CT molecular complexity index is 352. The summed E-state index contributed by atoms with van der Waals surface area (Å²) in [6, 6.07) is 5.68. The highest BCUT2D eigenvalue weighted by molar-refractivity contribution is 9.10. The van der Waals surface area contributed by atoms with Gasteiger partial charge in [-0.05, 0) is 36.1 Å². The van der Waals surface area contributed by atoms with Crippen LogP contribution < -0.4 is 0 Å². The number of carbonyl (C=O) groups is 1. The molecule has 0 saturated carbocycles. The van der Waals surface area contributed by atoms with Crippen molar-refractivity contribution in [2.45, 2.75) is 19.3 Å². The van der Waals surface area contributed by atoms with Crippen LogP contribution in [0.15, 0.2) is 22.7 Å². The molecule has 0 saturated heterocycles. The van der Waals surface area contributed by atoms with Gasteiger partial charge in [-0.2, -0.15) is 0 Å². The Balaban J connectivity index is 2.87. The summed E-state index contributed by atoms with van der Waals surface area (Å²) in [6.07, 6.45) is 1.76. The summed E-state index contributed by atoms with van der Waals surface area (Å²) in [6.45, 7) is 0. The van der Waals surface area contributed by atoms with Crippen molar-refractivity contribution in [2.24, 2.45) is 0 Å². The van der Waals surface area contributed by atoms with E-state index in [9.17, 15) is 4.79 Å². The first-order valence-corrected chi connectivity index (χ1v) is 6.01. The van der Waals surface area contributed by atoms with Crippen LogP contribution >= 0.6 is 27.5 Å². The average Bonchev–Trinajstić information content (AvgIpc) is 2.18. The third-order valence-corrected chi connectivity index (χ3v) is 2.85. The summed E-state index contributed by atoms with van der Waals surface area (Å²) in [7, 11) is 0. The van der Waals surface area contributed by atoms with E-state index < -0.39 is 5.97 Å². The van der Waals surface area contributed by atoms with E-state index in [2.05, 4.69) is 15.9 Å². The number of halogens is 2. The van der Waals surface area contributed by atoms with Gasteiger partial charge in [0.2, 0.25) is 0 Å². The lowest BCUT2D eigenvalue weighted by molar-refractivity contribution is -0.136. The van der Waals surface area contributed by atoms with Crippen molar-refractivity contribution in [3.63, 3.8) is 0 Å². The number of carboxylic acid groups (broad SMARTS) is 1. The topological polar surface area (TPSA) is 37.3 Å². The summed E-state index contributed by atoms with van der Waals surface area (Å²) < 4.78 is 0.973. The van der Waals surface area contributed by atoms with Crippen LogP contribution in [0.4, 0.5) is 0 Å². The van der Waals surface area contributed by atoms with E-state index in [4.69, 9.17) is 16.7 Å². The van der Waals surface area contributed by atoms with Gasteiger partial charge in [-0.1, -0.05) is 22.0 Å². The largest absolute Gasteiger partial charge is 0.481 e. The van der Waals surface area contributed by atoms with E-state index in [-0.39, 0.29) is 6.42 Å². The first-order valence-electron chi connectivity index (χ1n) is 4.68. The predicted octanol–water partition coefficient (Wildman–Crippen LogP) is 3.25. The Kier molecular flexibility index (Phi) is 5.12. The normalized spacial score (nSPS) is 10.3. The summed E-state index contributed by atoms with van der Waals surface area (Å²) in [4.78, 5) is 10.6. The number of aliphatic carboxylic acids is 1. The van der Waals surface area contributed by atoms with E-state index in [0.29, 0.717) is 5.88 Å². The molecule has 2 nitrogen and oxygen atoms in total. The van der Waals surface area contributed by atoms with Gasteiger partial charge in [0.15, 0.2) is 0 Å². The molecule has 0 atom stereocenters. The molecule has 0 bridgehead atoms. The standard InChI is InChI=1S/C11H12BrClO2/c12-10-4-3-9(7-11(14)15)8(6-10)2-1-5-13/h3-4,6H,1-2,5,7H2,(H,14,15). The Hall–Kier alpha value is -0.540. The molecule has 0 fully saturated rings. The number of alkyl halides is 1. The van der Waals surface area contributed by atoms with Crippen molar-refractivity contribution in [3.05, 3.63) is 33.8 Å². The van der Waals surface area contributed by atoms with E-state index in [1.807, 2.05) is 18.2 Å². The van der Waals surface area contributed by atoms with Crippen molar-refractivity contribution >= 4 is 33.5 Å². The van der Waals surface area contributed by atoms with Crippen LogP contribution in [0.25, 0.3) is 0 Å². The van der Waals surface area contributed by atoms with Gasteiger partial charge in [-0.25, -0.2) is 0 Å². The second-order valence-corrected chi connectivity index (χ2v) is 4.57. The lowest BCUT2D eigenvalue weighted by Gasteiger charge is -2.07. The molecular formula is C11H12BrClO2. The summed E-state index contributed by atoms with van der Waals surface area (Å²) in [5, 5.41) is 8.75. The summed E-state index contributed by atoms with van der Waals surface area (Å²) in [5.74, 6) is -0.205. The number of hydrogen-bond acceptors (Lipinski definition) is 1. The predicted molar refractivity (Wildman–Crippen MR) is 64.5 cm³/mol. The molecule has 0 radical (unpaired) electrons. The van der Waals surface area contributed by atoms with Gasteiger partial charge in [-0.3, -0.25) is 4.79 Å². The lowest BCUT2D eigenvalue weighted by atomic mass is 10.0. The van der Waals surface area contributed by atoms with Gasteiger partial charge in [0.25, 0.3) is 0 Å². The highest BCUT2D eigenvalue weighted by Gasteiger charge is 2.07. The fraction of sp³-hybridized carbons (Fsp3) is 0.364. The summed E-state index contributed by atoms with van der Waals surface area (Å²) in [5.41, 5.74) is 1.93. The second kappa shape index (κ2) is 6.13. The highest BCUT2D eigenvalue weighted by atomic mass is 79.9. The first kappa shape index (κ1) is 12.5. The molecule has 82 valence electrons. The van der Waals surface area contributed by atoms with Crippen LogP contribution in [0.1, 0.15) is 17.5 Å². The second-order valence-electron chi connectivity index (χ2n) is 3.28. The molecule has 0 aliphatic heterocycles. The third-order valence-electron chi connectivity index (χ3n) is 2.09. The maximum Gasteiger partial charge on any atom is 0.307 e. The molecule has 4 heteroatoms. The Morgan fingerprint density at radius 2 is 2.13 bits per heavy atom. The molecule has 0 aliphatic carbocycles. The van der Waals surface area contributed by atoms with Crippen LogP contribution in [0, 0.1) is 0 Å². The zero-order valence-electron chi connectivity index (χ0n) is 8.17. The molecule has 0 amide bonds. The number of rotatable bonds is 5. The number of carboxylic acids is 1. The Labute approximate surface area is 102 Å². The Morgan fingerprint density at radius 3 is 2.73 bits per heavy atom.